The van der Waals surface area contributed by atoms with E-state index in [0.717, 1.165) is 15.4 Å². The molecule has 0 aliphatic carbocycles. The second kappa shape index (κ2) is 8.19. The van der Waals surface area contributed by atoms with Gasteiger partial charge in [0.1, 0.15) is 17.9 Å². The Morgan fingerprint density at radius 3 is 2.65 bits per heavy atom. The van der Waals surface area contributed by atoms with E-state index in [2.05, 4.69) is 4.98 Å². The number of alkyl halides is 4. The van der Waals surface area contributed by atoms with Crippen LogP contribution in [0.15, 0.2) is 35.3 Å². The fraction of sp³-hybridized carbons (Fsp3) is 0.381. The molecule has 5 rings (SSSR count). The molecule has 0 spiro atoms. The van der Waals surface area contributed by atoms with Crippen LogP contribution in [0.3, 0.4) is 0 Å². The number of amides is 2. The molecular formula is C21H17ClF4N4O4. The van der Waals surface area contributed by atoms with Crippen LogP contribution >= 0.6 is 11.6 Å². The molecular weight excluding hydrogens is 484 g/mol. The molecule has 0 aromatic carbocycles. The van der Waals surface area contributed by atoms with Crippen molar-refractivity contribution in [2.45, 2.75) is 24.8 Å². The monoisotopic (exact) mass is 500 g/mol. The van der Waals surface area contributed by atoms with Crippen molar-refractivity contribution in [1.82, 2.24) is 19.2 Å². The lowest BCUT2D eigenvalue weighted by Gasteiger charge is -2.37. The van der Waals surface area contributed by atoms with Crippen LogP contribution in [-0.4, -0.2) is 69.6 Å². The number of piperidine rings is 1. The minimum atomic E-state index is -4.78. The van der Waals surface area contributed by atoms with Crippen LogP contribution in [-0.2, 0) is 10.9 Å². The molecule has 0 N–H and O–H groups in total. The maximum absolute atomic E-state index is 14.9. The molecule has 0 unspecified atom stereocenters. The second-order valence-corrected chi connectivity index (χ2v) is 8.39. The van der Waals surface area contributed by atoms with E-state index in [-0.39, 0.29) is 43.4 Å². The van der Waals surface area contributed by atoms with Gasteiger partial charge in [0.15, 0.2) is 11.3 Å². The first-order valence-electron chi connectivity index (χ1n) is 10.3. The van der Waals surface area contributed by atoms with Crippen molar-refractivity contribution in [3.8, 4) is 11.1 Å². The highest BCUT2D eigenvalue weighted by atomic mass is 35.5. The number of furan rings is 1. The maximum Gasteiger partial charge on any atom is 0.420 e. The van der Waals surface area contributed by atoms with Crippen molar-refractivity contribution in [1.29, 1.82) is 0 Å². The summed E-state index contributed by atoms with van der Waals surface area (Å²) in [4.78, 5) is 31.2. The number of carbonyl (C=O) groups excluding carboxylic acids is 2. The summed E-state index contributed by atoms with van der Waals surface area (Å²) in [6.07, 6.45) is -2.88. The van der Waals surface area contributed by atoms with Gasteiger partial charge in [-0.3, -0.25) is 14.1 Å². The SMILES string of the molecule is O=C(c1nc2c(C(F)(F)F)cc(-c3ccoc3)cn2c1Cl)N1CC[C@H](N2CCOC2=O)[C@H](F)C1. The summed E-state index contributed by atoms with van der Waals surface area (Å²) in [6.45, 7) is 0.146. The lowest BCUT2D eigenvalue weighted by molar-refractivity contribution is -0.136. The number of rotatable bonds is 3. The highest BCUT2D eigenvalue weighted by molar-refractivity contribution is 6.33. The van der Waals surface area contributed by atoms with Crippen LogP contribution < -0.4 is 0 Å². The average Bonchev–Trinajstić information content (AvgIpc) is 3.53. The Morgan fingerprint density at radius 1 is 1.24 bits per heavy atom. The summed E-state index contributed by atoms with van der Waals surface area (Å²) in [5.74, 6) is -0.795. The van der Waals surface area contributed by atoms with E-state index in [0.29, 0.717) is 5.56 Å². The second-order valence-electron chi connectivity index (χ2n) is 8.03. The van der Waals surface area contributed by atoms with Crippen LogP contribution in [0.4, 0.5) is 22.4 Å². The summed E-state index contributed by atoms with van der Waals surface area (Å²) in [5.41, 5.74) is -1.49. The molecule has 2 amide bonds. The third-order valence-electron chi connectivity index (χ3n) is 6.01. The fourth-order valence-corrected chi connectivity index (χ4v) is 4.58. The lowest BCUT2D eigenvalue weighted by Crippen LogP contribution is -2.54. The zero-order valence-electron chi connectivity index (χ0n) is 17.4. The third-order valence-corrected chi connectivity index (χ3v) is 6.37. The van der Waals surface area contributed by atoms with Gasteiger partial charge in [-0.1, -0.05) is 11.6 Å². The quantitative estimate of drug-likeness (QED) is 0.502. The Morgan fingerprint density at radius 2 is 2.03 bits per heavy atom. The Balaban J connectivity index is 1.48. The van der Waals surface area contributed by atoms with E-state index in [1.54, 1.807) is 0 Å². The van der Waals surface area contributed by atoms with Crippen molar-refractivity contribution in [2.75, 3.05) is 26.2 Å². The fourth-order valence-electron chi connectivity index (χ4n) is 4.33. The van der Waals surface area contributed by atoms with E-state index in [1.165, 1.54) is 29.7 Å². The van der Waals surface area contributed by atoms with Gasteiger partial charge in [-0.25, -0.2) is 14.2 Å². The van der Waals surface area contributed by atoms with Gasteiger partial charge >= 0.3 is 12.3 Å². The smallest absolute Gasteiger partial charge is 0.420 e. The maximum atomic E-state index is 14.9. The number of cyclic esters (lactones) is 1. The van der Waals surface area contributed by atoms with Gasteiger partial charge in [-0.05, 0) is 18.6 Å². The number of imidazole rings is 1. The topological polar surface area (TPSA) is 80.3 Å². The summed E-state index contributed by atoms with van der Waals surface area (Å²) in [7, 11) is 0. The average molecular weight is 501 g/mol. The van der Waals surface area contributed by atoms with Gasteiger partial charge < -0.3 is 14.1 Å². The van der Waals surface area contributed by atoms with Crippen LogP contribution in [0.2, 0.25) is 5.15 Å². The number of likely N-dealkylation sites (tertiary alicyclic amines) is 1. The molecule has 0 bridgehead atoms. The number of halogens is 5. The number of ether oxygens (including phenoxy) is 1. The minimum Gasteiger partial charge on any atom is -0.472 e. The van der Waals surface area contributed by atoms with Crippen LogP contribution in [0, 0.1) is 0 Å². The molecule has 3 aromatic heterocycles. The van der Waals surface area contributed by atoms with Gasteiger partial charge in [-0.2, -0.15) is 13.2 Å². The highest BCUT2D eigenvalue weighted by Gasteiger charge is 2.41. The molecule has 3 aromatic rings. The van der Waals surface area contributed by atoms with Gasteiger partial charge in [-0.15, -0.1) is 0 Å². The number of hydrogen-bond donors (Lipinski definition) is 0. The number of nitrogens with zero attached hydrogens (tertiary/aromatic N) is 4. The molecule has 13 heteroatoms. The number of aromatic nitrogens is 2. The zero-order chi connectivity index (χ0) is 24.2. The van der Waals surface area contributed by atoms with Crippen molar-refractivity contribution < 1.29 is 36.3 Å². The van der Waals surface area contributed by atoms with Crippen molar-refractivity contribution in [3.63, 3.8) is 0 Å². The third kappa shape index (κ3) is 3.75. The molecule has 180 valence electrons. The first-order chi connectivity index (χ1) is 16.1. The molecule has 2 atom stereocenters. The Kier molecular flexibility index (Phi) is 5.42. The highest BCUT2D eigenvalue weighted by Crippen LogP contribution is 2.37. The molecule has 0 saturated carbocycles. The lowest BCUT2D eigenvalue weighted by atomic mass is 10.0. The summed E-state index contributed by atoms with van der Waals surface area (Å²) < 4.78 is 67.1. The van der Waals surface area contributed by atoms with Gasteiger partial charge in [0, 0.05) is 23.9 Å². The zero-order valence-corrected chi connectivity index (χ0v) is 18.1. The van der Waals surface area contributed by atoms with Crippen molar-refractivity contribution >= 4 is 29.2 Å². The summed E-state index contributed by atoms with van der Waals surface area (Å²) in [5, 5.41) is -0.323. The van der Waals surface area contributed by atoms with Gasteiger partial charge in [0.05, 0.1) is 37.2 Å². The van der Waals surface area contributed by atoms with E-state index >= 15 is 0 Å². The first-order valence-corrected chi connectivity index (χ1v) is 10.7. The molecule has 34 heavy (non-hydrogen) atoms. The summed E-state index contributed by atoms with van der Waals surface area (Å²) >= 11 is 6.31. The van der Waals surface area contributed by atoms with Crippen LogP contribution in [0.25, 0.3) is 16.8 Å². The largest absolute Gasteiger partial charge is 0.472 e. The standard InChI is InChI=1S/C21H17ClF4N4O4/c22-17-16(19(31)28-3-1-15(14(23)9-28)29-4-6-34-20(29)32)27-18-13(21(24,25)26)7-12(8-30(17)18)11-2-5-33-10-11/h2,5,7-8,10,14-15H,1,3-4,6,9H2/t14-,15+/m1/s1. The minimum absolute atomic E-state index is 0.0737. The van der Waals surface area contributed by atoms with E-state index < -0.39 is 47.3 Å². The number of fused-ring (bicyclic) bond motifs is 1. The van der Waals surface area contributed by atoms with Crippen molar-refractivity contribution in [3.05, 3.63) is 47.3 Å². The molecule has 0 radical (unpaired) electrons. The molecule has 2 saturated heterocycles. The van der Waals surface area contributed by atoms with E-state index in [9.17, 15) is 27.2 Å². The van der Waals surface area contributed by atoms with Crippen LogP contribution in [0.1, 0.15) is 22.5 Å². The van der Waals surface area contributed by atoms with Gasteiger partial charge in [0.25, 0.3) is 5.91 Å². The van der Waals surface area contributed by atoms with Crippen molar-refractivity contribution in [2.24, 2.45) is 0 Å². The number of pyridine rings is 1. The Hall–Kier alpha value is -3.28. The molecule has 2 aliphatic heterocycles. The summed E-state index contributed by atoms with van der Waals surface area (Å²) in [6, 6.07) is 1.64. The molecule has 8 nitrogen and oxygen atoms in total. The van der Waals surface area contributed by atoms with E-state index in [1.807, 2.05) is 0 Å². The molecule has 2 aliphatic rings. The first kappa shape index (κ1) is 22.5. The Labute approximate surface area is 194 Å². The number of carbonyl (C=O) groups is 2. The van der Waals surface area contributed by atoms with Gasteiger partial charge in [0.2, 0.25) is 0 Å². The predicted molar refractivity (Wildman–Crippen MR) is 110 cm³/mol. The van der Waals surface area contributed by atoms with E-state index in [4.69, 9.17) is 20.8 Å². The molecule has 2 fully saturated rings. The normalized spacial score (nSPS) is 21.4. The predicted octanol–water partition coefficient (Wildman–Crippen LogP) is 4.27. The van der Waals surface area contributed by atoms with Crippen LogP contribution in [0.5, 0.6) is 0 Å². The Bertz CT molecular complexity index is 1260. The molecule has 5 heterocycles. The number of hydrogen-bond acceptors (Lipinski definition) is 5.